The number of aliphatic imine (C=N–C) groups is 1. The summed E-state index contributed by atoms with van der Waals surface area (Å²) in [5, 5.41) is 6.44. The second-order valence-electron chi connectivity index (χ2n) is 6.33. The first-order valence-corrected chi connectivity index (χ1v) is 9.33. The van der Waals surface area contributed by atoms with Crippen molar-refractivity contribution in [1.82, 2.24) is 4.98 Å². The molecule has 0 bridgehead atoms. The van der Waals surface area contributed by atoms with Crippen molar-refractivity contribution in [1.29, 1.82) is 0 Å². The largest absolute Gasteiger partial charge is 0.370 e. The molecule has 1 saturated heterocycles. The average Bonchev–Trinajstić information content (AvgIpc) is 3.17. The van der Waals surface area contributed by atoms with Crippen molar-refractivity contribution in [2.24, 2.45) is 10.7 Å². The van der Waals surface area contributed by atoms with Crippen molar-refractivity contribution in [2.45, 2.75) is 33.1 Å². The monoisotopic (exact) mass is 471 g/mol. The van der Waals surface area contributed by atoms with Crippen LogP contribution in [0.5, 0.6) is 0 Å². The minimum Gasteiger partial charge on any atom is -0.370 e. The number of aryl methyl sites for hydroxylation is 2. The molecule has 0 atom stereocenters. The molecular formula is C18H26IN5S. The first kappa shape index (κ1) is 20.0. The highest BCUT2D eigenvalue weighted by Gasteiger charge is 2.15. The number of guanidine groups is 1. The average molecular weight is 471 g/mol. The number of hydrogen-bond donors (Lipinski definition) is 2. The summed E-state index contributed by atoms with van der Waals surface area (Å²) in [6.07, 6.45) is 3.37. The summed E-state index contributed by atoms with van der Waals surface area (Å²) in [4.78, 5) is 11.5. The summed E-state index contributed by atoms with van der Waals surface area (Å²) < 4.78 is 0. The van der Waals surface area contributed by atoms with E-state index in [1.807, 2.05) is 0 Å². The minimum atomic E-state index is 0. The van der Waals surface area contributed by atoms with Crippen molar-refractivity contribution in [2.75, 3.05) is 29.9 Å². The lowest BCUT2D eigenvalue weighted by molar-refractivity contribution is 0.907. The van der Waals surface area contributed by atoms with Gasteiger partial charge in [0.1, 0.15) is 0 Å². The van der Waals surface area contributed by atoms with E-state index < -0.39 is 0 Å². The molecule has 1 aromatic carbocycles. The molecular weight excluding hydrogens is 445 g/mol. The van der Waals surface area contributed by atoms with E-state index in [1.165, 1.54) is 24.0 Å². The van der Waals surface area contributed by atoms with Crippen LogP contribution in [0, 0.1) is 13.8 Å². The van der Waals surface area contributed by atoms with E-state index >= 15 is 0 Å². The number of nitrogens with one attached hydrogen (secondary N) is 1. The highest BCUT2D eigenvalue weighted by Crippen LogP contribution is 2.24. The van der Waals surface area contributed by atoms with Crippen LogP contribution in [0.2, 0.25) is 0 Å². The Morgan fingerprint density at radius 3 is 2.60 bits per heavy atom. The molecule has 1 aromatic heterocycles. The fourth-order valence-corrected chi connectivity index (χ4v) is 3.90. The van der Waals surface area contributed by atoms with E-state index in [4.69, 9.17) is 10.7 Å². The first-order chi connectivity index (χ1) is 11.6. The van der Waals surface area contributed by atoms with Crippen LogP contribution in [-0.4, -0.2) is 30.6 Å². The molecule has 0 spiro atoms. The third-order valence-electron chi connectivity index (χ3n) is 4.06. The van der Waals surface area contributed by atoms with Crippen LogP contribution in [0.1, 0.15) is 29.7 Å². The third-order valence-corrected chi connectivity index (χ3v) is 5.01. The van der Waals surface area contributed by atoms with Gasteiger partial charge >= 0.3 is 0 Å². The van der Waals surface area contributed by atoms with E-state index in [0.717, 1.165) is 36.0 Å². The number of rotatable bonds is 5. The van der Waals surface area contributed by atoms with E-state index in [0.29, 0.717) is 12.5 Å². The van der Waals surface area contributed by atoms with Gasteiger partial charge in [-0.1, -0.05) is 6.07 Å². The molecule has 0 unspecified atom stereocenters. The molecule has 2 aromatic rings. The summed E-state index contributed by atoms with van der Waals surface area (Å²) in [5.74, 6) is 0.454. The van der Waals surface area contributed by atoms with Crippen molar-refractivity contribution in [3.63, 3.8) is 0 Å². The molecule has 1 aliphatic heterocycles. The van der Waals surface area contributed by atoms with Gasteiger partial charge < -0.3 is 16.0 Å². The number of benzene rings is 1. The molecule has 0 aliphatic carbocycles. The minimum absolute atomic E-state index is 0. The van der Waals surface area contributed by atoms with E-state index in [9.17, 15) is 0 Å². The van der Waals surface area contributed by atoms with Gasteiger partial charge in [0.2, 0.25) is 0 Å². The highest BCUT2D eigenvalue weighted by atomic mass is 127. The number of anilines is 2. The molecule has 25 heavy (non-hydrogen) atoms. The molecule has 0 amide bonds. The van der Waals surface area contributed by atoms with Gasteiger partial charge in [-0.3, -0.25) is 4.99 Å². The van der Waals surface area contributed by atoms with Crippen molar-refractivity contribution >= 4 is 52.1 Å². The fourth-order valence-electron chi connectivity index (χ4n) is 2.99. The normalized spacial score (nSPS) is 14.5. The second-order valence-corrected chi connectivity index (χ2v) is 7.17. The van der Waals surface area contributed by atoms with E-state index in [-0.39, 0.29) is 24.0 Å². The lowest BCUT2D eigenvalue weighted by Gasteiger charge is -2.12. The van der Waals surface area contributed by atoms with Gasteiger partial charge in [0.15, 0.2) is 11.1 Å². The van der Waals surface area contributed by atoms with Crippen LogP contribution in [0.3, 0.4) is 0 Å². The lowest BCUT2D eigenvalue weighted by Crippen LogP contribution is -2.23. The number of thiazole rings is 1. The Kier molecular flexibility index (Phi) is 7.49. The molecule has 5 nitrogen and oxygen atoms in total. The Balaban J connectivity index is 0.00000225. The Bertz CT molecular complexity index is 702. The molecule has 3 rings (SSSR count). The summed E-state index contributed by atoms with van der Waals surface area (Å²) in [5.41, 5.74) is 10.5. The van der Waals surface area contributed by atoms with E-state index in [1.54, 1.807) is 11.3 Å². The van der Waals surface area contributed by atoms with Crippen molar-refractivity contribution < 1.29 is 0 Å². The van der Waals surface area contributed by atoms with E-state index in [2.05, 4.69) is 52.6 Å². The Hall–Kier alpha value is -1.35. The zero-order chi connectivity index (χ0) is 16.9. The number of nitrogens with two attached hydrogens (primary N) is 1. The molecule has 0 radical (unpaired) electrons. The van der Waals surface area contributed by atoms with Gasteiger partial charge in [-0.15, -0.1) is 35.3 Å². The molecule has 0 saturated carbocycles. The molecule has 2 heterocycles. The maximum atomic E-state index is 5.99. The van der Waals surface area contributed by atoms with Crippen LogP contribution in [-0.2, 0) is 6.42 Å². The topological polar surface area (TPSA) is 66.5 Å². The molecule has 1 aliphatic rings. The van der Waals surface area contributed by atoms with Gasteiger partial charge in [-0.25, -0.2) is 4.98 Å². The first-order valence-electron chi connectivity index (χ1n) is 8.45. The molecule has 136 valence electrons. The maximum Gasteiger partial charge on any atom is 0.193 e. The van der Waals surface area contributed by atoms with Crippen LogP contribution in [0.4, 0.5) is 10.8 Å². The standard InChI is InChI=1S/C18H25N5S.HI/c1-13-9-14(2)11-16(10-13)21-17(19)20-6-5-15-12-24-18(22-15)23-7-3-4-8-23;/h9-12H,3-8H2,1-2H3,(H3,19,20,21);1H. The van der Waals surface area contributed by atoms with Gasteiger partial charge in [-0.2, -0.15) is 0 Å². The summed E-state index contributed by atoms with van der Waals surface area (Å²) in [6, 6.07) is 6.27. The predicted molar refractivity (Wildman–Crippen MR) is 119 cm³/mol. The van der Waals surface area contributed by atoms with Gasteiger partial charge in [0, 0.05) is 37.1 Å². The third kappa shape index (κ3) is 5.85. The second kappa shape index (κ2) is 9.38. The predicted octanol–water partition coefficient (Wildman–Crippen LogP) is 3.95. The summed E-state index contributed by atoms with van der Waals surface area (Å²) >= 11 is 1.73. The van der Waals surface area contributed by atoms with Crippen molar-refractivity contribution in [3.8, 4) is 0 Å². The fraction of sp³-hybridized carbons (Fsp3) is 0.444. The zero-order valence-corrected chi connectivity index (χ0v) is 17.9. The smallest absolute Gasteiger partial charge is 0.193 e. The zero-order valence-electron chi connectivity index (χ0n) is 14.8. The Labute approximate surface area is 170 Å². The maximum absolute atomic E-state index is 5.99. The Morgan fingerprint density at radius 1 is 1.24 bits per heavy atom. The van der Waals surface area contributed by atoms with Crippen molar-refractivity contribution in [3.05, 3.63) is 40.4 Å². The molecule has 3 N–H and O–H groups in total. The lowest BCUT2D eigenvalue weighted by atomic mass is 10.1. The van der Waals surface area contributed by atoms with Crippen LogP contribution in [0.25, 0.3) is 0 Å². The molecule has 1 fully saturated rings. The molecule has 7 heteroatoms. The number of hydrogen-bond acceptors (Lipinski definition) is 4. The number of aromatic nitrogens is 1. The van der Waals surface area contributed by atoms with Gasteiger partial charge in [0.05, 0.1) is 5.69 Å². The van der Waals surface area contributed by atoms with Gasteiger partial charge in [-0.05, 0) is 49.9 Å². The summed E-state index contributed by atoms with van der Waals surface area (Å²) in [7, 11) is 0. The van der Waals surface area contributed by atoms with Gasteiger partial charge in [0.25, 0.3) is 0 Å². The highest BCUT2D eigenvalue weighted by molar-refractivity contribution is 14.0. The summed E-state index contributed by atoms with van der Waals surface area (Å²) in [6.45, 7) is 7.07. The number of nitrogens with zero attached hydrogens (tertiary/aromatic N) is 3. The Morgan fingerprint density at radius 2 is 1.92 bits per heavy atom. The van der Waals surface area contributed by atoms with Crippen LogP contribution in [0.15, 0.2) is 28.6 Å². The quantitative estimate of drug-likeness (QED) is 0.394. The number of halogens is 1. The van der Waals surface area contributed by atoms with Crippen LogP contribution >= 0.6 is 35.3 Å². The SMILES string of the molecule is Cc1cc(C)cc(NC(N)=NCCc2csc(N3CCCC3)n2)c1.I. The van der Waals surface area contributed by atoms with Crippen LogP contribution < -0.4 is 16.0 Å².